The first-order chi connectivity index (χ1) is 8.98. The van der Waals surface area contributed by atoms with E-state index >= 15 is 0 Å². The summed E-state index contributed by atoms with van der Waals surface area (Å²) < 4.78 is 11.4. The quantitative estimate of drug-likeness (QED) is 0.856. The number of carbonyl (C=O) groups excluding carboxylic acids is 2. The molecule has 0 atom stereocenters. The lowest BCUT2D eigenvalue weighted by atomic mass is 10.2. The van der Waals surface area contributed by atoms with E-state index in [1.54, 1.807) is 41.5 Å². The molecule has 1 N–H and O–H groups in total. The molecule has 20 heavy (non-hydrogen) atoms. The average molecular weight is 283 g/mol. The van der Waals surface area contributed by atoms with Crippen LogP contribution in [0.2, 0.25) is 0 Å². The predicted molar refractivity (Wildman–Crippen MR) is 73.7 cm³/mol. The maximum absolute atomic E-state index is 11.9. The number of nitrogens with zero attached hydrogens (tertiary/aromatic N) is 2. The van der Waals surface area contributed by atoms with Crippen LogP contribution >= 0.6 is 0 Å². The van der Waals surface area contributed by atoms with Crippen molar-refractivity contribution in [3.8, 4) is 0 Å². The van der Waals surface area contributed by atoms with E-state index in [0.29, 0.717) is 0 Å². The second-order valence-electron chi connectivity index (χ2n) is 6.23. The number of ether oxygens (including phenoxy) is 2. The third kappa shape index (κ3) is 5.29. The Labute approximate surface area is 118 Å². The highest BCUT2D eigenvalue weighted by Crippen LogP contribution is 2.14. The summed E-state index contributed by atoms with van der Waals surface area (Å²) in [4.78, 5) is 27.5. The van der Waals surface area contributed by atoms with Gasteiger partial charge in [-0.2, -0.15) is 0 Å². The molecule has 1 aromatic heterocycles. The Hall–Kier alpha value is -2.05. The third-order valence-electron chi connectivity index (χ3n) is 1.84. The standard InChI is InChI=1S/C13H21N3O4/c1-12(2,3)19-10(17)15-9-14-7-8-16(9)11(18)20-13(4,5)6/h7-8H,1-6H3,(H,14,15,17). The van der Waals surface area contributed by atoms with Gasteiger partial charge in [0.15, 0.2) is 0 Å². The van der Waals surface area contributed by atoms with Gasteiger partial charge in [0.1, 0.15) is 11.2 Å². The number of hydrogen-bond donors (Lipinski definition) is 1. The SMILES string of the molecule is CC(C)(C)OC(=O)Nc1nccn1C(=O)OC(C)(C)C. The van der Waals surface area contributed by atoms with E-state index in [-0.39, 0.29) is 5.95 Å². The summed E-state index contributed by atoms with van der Waals surface area (Å²) in [6, 6.07) is 0. The van der Waals surface area contributed by atoms with Gasteiger partial charge in [-0.25, -0.2) is 19.1 Å². The van der Waals surface area contributed by atoms with Crippen LogP contribution in [-0.2, 0) is 9.47 Å². The zero-order valence-electron chi connectivity index (χ0n) is 12.7. The van der Waals surface area contributed by atoms with Crippen molar-refractivity contribution in [1.29, 1.82) is 0 Å². The van der Waals surface area contributed by atoms with Gasteiger partial charge < -0.3 is 9.47 Å². The van der Waals surface area contributed by atoms with E-state index in [1.807, 2.05) is 0 Å². The van der Waals surface area contributed by atoms with Gasteiger partial charge in [-0.3, -0.25) is 5.32 Å². The number of imidazole rings is 1. The third-order valence-corrected chi connectivity index (χ3v) is 1.84. The first-order valence-electron chi connectivity index (χ1n) is 6.25. The first-order valence-corrected chi connectivity index (χ1v) is 6.25. The largest absolute Gasteiger partial charge is 0.444 e. The molecule has 0 radical (unpaired) electrons. The van der Waals surface area contributed by atoms with Crippen molar-refractivity contribution in [2.24, 2.45) is 0 Å². The number of rotatable bonds is 1. The Morgan fingerprint density at radius 3 is 2.15 bits per heavy atom. The zero-order chi connectivity index (χ0) is 15.6. The number of carbonyl (C=O) groups is 2. The van der Waals surface area contributed by atoms with Crippen LogP contribution in [0.15, 0.2) is 12.4 Å². The van der Waals surface area contributed by atoms with Gasteiger partial charge in [-0.1, -0.05) is 0 Å². The Balaban J connectivity index is 2.77. The first kappa shape index (κ1) is 16.0. The fourth-order valence-corrected chi connectivity index (χ4v) is 1.25. The van der Waals surface area contributed by atoms with Crippen LogP contribution in [0, 0.1) is 0 Å². The highest BCUT2D eigenvalue weighted by atomic mass is 16.6. The number of anilines is 1. The smallest absolute Gasteiger partial charge is 0.421 e. The summed E-state index contributed by atoms with van der Waals surface area (Å²) in [5, 5.41) is 2.40. The van der Waals surface area contributed by atoms with Crippen LogP contribution in [0.4, 0.5) is 15.5 Å². The Morgan fingerprint density at radius 2 is 1.65 bits per heavy atom. The van der Waals surface area contributed by atoms with Gasteiger partial charge in [-0.15, -0.1) is 0 Å². The van der Waals surface area contributed by atoms with E-state index in [9.17, 15) is 9.59 Å². The minimum atomic E-state index is -0.687. The van der Waals surface area contributed by atoms with Crippen molar-refractivity contribution in [2.75, 3.05) is 5.32 Å². The van der Waals surface area contributed by atoms with Crippen molar-refractivity contribution in [2.45, 2.75) is 52.7 Å². The fourth-order valence-electron chi connectivity index (χ4n) is 1.25. The number of nitrogens with one attached hydrogen (secondary N) is 1. The van der Waals surface area contributed by atoms with Crippen molar-refractivity contribution in [3.05, 3.63) is 12.4 Å². The summed E-state index contributed by atoms with van der Waals surface area (Å²) in [5.41, 5.74) is -1.27. The molecule has 0 unspecified atom stereocenters. The maximum atomic E-state index is 11.9. The van der Waals surface area contributed by atoms with Crippen molar-refractivity contribution >= 4 is 18.1 Å². The van der Waals surface area contributed by atoms with Crippen LogP contribution in [-0.4, -0.2) is 32.9 Å². The summed E-state index contributed by atoms with van der Waals surface area (Å²) in [7, 11) is 0. The van der Waals surface area contributed by atoms with Crippen LogP contribution in [0.5, 0.6) is 0 Å². The second kappa shape index (κ2) is 5.52. The molecule has 1 amide bonds. The Morgan fingerprint density at radius 1 is 1.10 bits per heavy atom. The molecule has 0 aliphatic heterocycles. The van der Waals surface area contributed by atoms with Crippen molar-refractivity contribution in [1.82, 2.24) is 9.55 Å². The van der Waals surface area contributed by atoms with E-state index in [2.05, 4.69) is 10.3 Å². The molecule has 7 heteroatoms. The van der Waals surface area contributed by atoms with E-state index in [1.165, 1.54) is 12.4 Å². The molecule has 0 saturated heterocycles. The van der Waals surface area contributed by atoms with Gasteiger partial charge >= 0.3 is 12.2 Å². The molecule has 0 aromatic carbocycles. The molecule has 0 fully saturated rings. The molecular formula is C13H21N3O4. The molecule has 0 spiro atoms. The lowest BCUT2D eigenvalue weighted by Gasteiger charge is -2.21. The Kier molecular flexibility index (Phi) is 4.42. The minimum Gasteiger partial charge on any atom is -0.444 e. The second-order valence-corrected chi connectivity index (χ2v) is 6.23. The molecule has 0 bridgehead atoms. The van der Waals surface area contributed by atoms with E-state index in [4.69, 9.17) is 9.47 Å². The maximum Gasteiger partial charge on any atom is 0.421 e. The van der Waals surface area contributed by atoms with Crippen molar-refractivity contribution in [3.63, 3.8) is 0 Å². The molecule has 7 nitrogen and oxygen atoms in total. The molecule has 0 aliphatic carbocycles. The minimum absolute atomic E-state index is 0.0495. The highest BCUT2D eigenvalue weighted by molar-refractivity contribution is 5.85. The average Bonchev–Trinajstić information content (AvgIpc) is 2.59. The fraction of sp³-hybridized carbons (Fsp3) is 0.615. The molecule has 1 aromatic rings. The molecule has 0 saturated carbocycles. The zero-order valence-corrected chi connectivity index (χ0v) is 12.7. The lowest BCUT2D eigenvalue weighted by Crippen LogP contribution is -2.30. The summed E-state index contributed by atoms with van der Waals surface area (Å²) in [5.74, 6) is 0.0495. The predicted octanol–water partition coefficient (Wildman–Crippen LogP) is 3.01. The van der Waals surface area contributed by atoms with Crippen molar-refractivity contribution < 1.29 is 19.1 Å². The Bertz CT molecular complexity index is 494. The van der Waals surface area contributed by atoms with E-state index < -0.39 is 23.4 Å². The monoisotopic (exact) mass is 283 g/mol. The van der Waals surface area contributed by atoms with E-state index in [0.717, 1.165) is 4.57 Å². The van der Waals surface area contributed by atoms with Crippen LogP contribution in [0.3, 0.4) is 0 Å². The molecule has 112 valence electrons. The van der Waals surface area contributed by atoms with Gasteiger partial charge in [-0.05, 0) is 41.5 Å². The van der Waals surface area contributed by atoms with Crippen LogP contribution < -0.4 is 5.32 Å². The van der Waals surface area contributed by atoms with Gasteiger partial charge in [0, 0.05) is 12.4 Å². The molecule has 0 aliphatic rings. The summed E-state index contributed by atoms with van der Waals surface area (Å²) in [6.07, 6.45) is 1.48. The highest BCUT2D eigenvalue weighted by Gasteiger charge is 2.22. The lowest BCUT2D eigenvalue weighted by molar-refractivity contribution is 0.0539. The molecule has 1 heterocycles. The summed E-state index contributed by atoms with van der Waals surface area (Å²) >= 11 is 0. The number of aromatic nitrogens is 2. The number of amides is 1. The van der Waals surface area contributed by atoms with Crippen LogP contribution in [0.1, 0.15) is 41.5 Å². The van der Waals surface area contributed by atoms with Gasteiger partial charge in [0.25, 0.3) is 0 Å². The molecule has 1 rings (SSSR count). The van der Waals surface area contributed by atoms with Crippen LogP contribution in [0.25, 0.3) is 0 Å². The van der Waals surface area contributed by atoms with Gasteiger partial charge in [0.2, 0.25) is 5.95 Å². The molecular weight excluding hydrogens is 262 g/mol. The normalized spacial score (nSPS) is 11.9. The number of hydrogen-bond acceptors (Lipinski definition) is 5. The topological polar surface area (TPSA) is 82.5 Å². The summed E-state index contributed by atoms with van der Waals surface area (Å²) in [6.45, 7) is 10.5. The van der Waals surface area contributed by atoms with Gasteiger partial charge in [0.05, 0.1) is 0 Å².